The van der Waals surface area contributed by atoms with Crippen molar-refractivity contribution in [1.29, 1.82) is 0 Å². The average Bonchev–Trinajstić information content (AvgIpc) is 3.37. The number of fused-ring (bicyclic) bond motifs is 1. The van der Waals surface area contributed by atoms with Crippen LogP contribution in [0.4, 0.5) is 0 Å². The fraction of sp³-hybridized carbons (Fsp3) is 0.316. The molecule has 0 bridgehead atoms. The summed E-state index contributed by atoms with van der Waals surface area (Å²) < 4.78 is 1.93. The highest BCUT2D eigenvalue weighted by molar-refractivity contribution is 6.06. The molecule has 0 saturated heterocycles. The van der Waals surface area contributed by atoms with Gasteiger partial charge in [-0.1, -0.05) is 18.2 Å². The molecule has 0 N–H and O–H groups in total. The van der Waals surface area contributed by atoms with Crippen LogP contribution in [0.2, 0.25) is 0 Å². The van der Waals surface area contributed by atoms with E-state index in [1.165, 1.54) is 12.8 Å². The van der Waals surface area contributed by atoms with E-state index in [0.717, 1.165) is 28.0 Å². The Balaban J connectivity index is 1.71. The van der Waals surface area contributed by atoms with Crippen LogP contribution in [0.15, 0.2) is 42.7 Å². The highest BCUT2D eigenvalue weighted by Crippen LogP contribution is 2.40. The minimum Gasteiger partial charge on any atom is -0.337 e. The number of amides is 1. The molecule has 1 saturated carbocycles. The van der Waals surface area contributed by atoms with Gasteiger partial charge >= 0.3 is 0 Å². The lowest BCUT2D eigenvalue weighted by Crippen LogP contribution is -2.28. The van der Waals surface area contributed by atoms with Crippen molar-refractivity contribution in [3.8, 4) is 0 Å². The van der Waals surface area contributed by atoms with Gasteiger partial charge in [-0.25, -0.2) is 4.98 Å². The van der Waals surface area contributed by atoms with E-state index in [1.807, 2.05) is 55.2 Å². The predicted octanol–water partition coefficient (Wildman–Crippen LogP) is 3.12. The average molecular weight is 320 g/mol. The summed E-state index contributed by atoms with van der Waals surface area (Å²) in [5, 5.41) is 0.915. The van der Waals surface area contributed by atoms with E-state index in [0.29, 0.717) is 12.5 Å². The molecule has 5 nitrogen and oxygen atoms in total. The van der Waals surface area contributed by atoms with Crippen molar-refractivity contribution >= 4 is 16.8 Å². The van der Waals surface area contributed by atoms with Gasteiger partial charge in [0.1, 0.15) is 5.82 Å². The number of para-hydroxylation sites is 1. The first-order valence-corrected chi connectivity index (χ1v) is 8.25. The van der Waals surface area contributed by atoms with E-state index in [9.17, 15) is 4.79 Å². The molecule has 0 unspecified atom stereocenters. The highest BCUT2D eigenvalue weighted by Gasteiger charge is 2.27. The quantitative estimate of drug-likeness (QED) is 0.742. The van der Waals surface area contributed by atoms with Crippen LogP contribution in [0.1, 0.15) is 40.6 Å². The SMILES string of the molecule is CN(Cc1nccn1C)C(=O)c1cc(C2CC2)nc2ccccc12. The maximum absolute atomic E-state index is 13.1. The summed E-state index contributed by atoms with van der Waals surface area (Å²) in [6.07, 6.45) is 5.98. The Morgan fingerprint density at radius 3 is 2.83 bits per heavy atom. The zero-order valence-corrected chi connectivity index (χ0v) is 13.9. The molecule has 0 radical (unpaired) electrons. The molecule has 0 aliphatic heterocycles. The summed E-state index contributed by atoms with van der Waals surface area (Å²) >= 11 is 0. The first-order valence-electron chi connectivity index (χ1n) is 8.25. The van der Waals surface area contributed by atoms with Gasteiger partial charge in [-0.15, -0.1) is 0 Å². The van der Waals surface area contributed by atoms with E-state index in [2.05, 4.69) is 4.98 Å². The summed E-state index contributed by atoms with van der Waals surface area (Å²) in [4.78, 5) is 23.8. The number of hydrogen-bond acceptors (Lipinski definition) is 3. The van der Waals surface area contributed by atoms with Crippen molar-refractivity contribution in [2.45, 2.75) is 25.3 Å². The summed E-state index contributed by atoms with van der Waals surface area (Å²) in [6, 6.07) is 9.86. The lowest BCUT2D eigenvalue weighted by Gasteiger charge is -2.18. The van der Waals surface area contributed by atoms with Gasteiger partial charge in [0.25, 0.3) is 5.91 Å². The van der Waals surface area contributed by atoms with E-state index < -0.39 is 0 Å². The highest BCUT2D eigenvalue weighted by atomic mass is 16.2. The first kappa shape index (κ1) is 14.9. The summed E-state index contributed by atoms with van der Waals surface area (Å²) in [6.45, 7) is 0.484. The number of carbonyl (C=O) groups is 1. The van der Waals surface area contributed by atoms with Crippen LogP contribution in [-0.4, -0.2) is 32.4 Å². The van der Waals surface area contributed by atoms with E-state index in [4.69, 9.17) is 4.98 Å². The Morgan fingerprint density at radius 2 is 2.12 bits per heavy atom. The van der Waals surface area contributed by atoms with Gasteiger partial charge < -0.3 is 9.47 Å². The van der Waals surface area contributed by atoms with Crippen LogP contribution >= 0.6 is 0 Å². The van der Waals surface area contributed by atoms with Crippen molar-refractivity contribution in [3.63, 3.8) is 0 Å². The van der Waals surface area contributed by atoms with Crippen molar-refractivity contribution in [1.82, 2.24) is 19.4 Å². The molecule has 1 aromatic carbocycles. The Bertz CT molecular complexity index is 911. The largest absolute Gasteiger partial charge is 0.337 e. The standard InChI is InChI=1S/C19H20N4O/c1-22-10-9-20-18(22)12-23(2)19(24)15-11-17(13-7-8-13)21-16-6-4-3-5-14(15)16/h3-6,9-11,13H,7-8,12H2,1-2H3. The minimum absolute atomic E-state index is 0.0125. The lowest BCUT2D eigenvalue weighted by atomic mass is 10.0. The molecule has 0 atom stereocenters. The van der Waals surface area contributed by atoms with E-state index in [1.54, 1.807) is 11.1 Å². The molecule has 1 amide bonds. The third kappa shape index (κ3) is 2.66. The predicted molar refractivity (Wildman–Crippen MR) is 92.7 cm³/mol. The molecule has 2 heterocycles. The second-order valence-electron chi connectivity index (χ2n) is 6.50. The fourth-order valence-electron chi connectivity index (χ4n) is 3.00. The van der Waals surface area contributed by atoms with Crippen molar-refractivity contribution in [2.75, 3.05) is 7.05 Å². The smallest absolute Gasteiger partial charge is 0.254 e. The molecule has 3 aromatic rings. The number of pyridine rings is 1. The molecule has 4 rings (SSSR count). The maximum Gasteiger partial charge on any atom is 0.254 e. The zero-order chi connectivity index (χ0) is 16.7. The van der Waals surface area contributed by atoms with E-state index >= 15 is 0 Å². The number of carbonyl (C=O) groups excluding carboxylic acids is 1. The number of aryl methyl sites for hydroxylation is 1. The lowest BCUT2D eigenvalue weighted by molar-refractivity contribution is 0.0782. The van der Waals surface area contributed by atoms with Gasteiger partial charge in [0.05, 0.1) is 17.6 Å². The molecule has 24 heavy (non-hydrogen) atoms. The molecule has 0 spiro atoms. The van der Waals surface area contributed by atoms with Gasteiger partial charge in [0, 0.05) is 43.5 Å². The topological polar surface area (TPSA) is 51.0 Å². The number of hydrogen-bond donors (Lipinski definition) is 0. The minimum atomic E-state index is 0.0125. The molecule has 1 aliphatic rings. The Kier molecular flexibility index (Phi) is 3.56. The van der Waals surface area contributed by atoms with Crippen LogP contribution in [0.5, 0.6) is 0 Å². The summed E-state index contributed by atoms with van der Waals surface area (Å²) in [5.74, 6) is 1.39. The zero-order valence-electron chi connectivity index (χ0n) is 13.9. The number of rotatable bonds is 4. The number of aromatic nitrogens is 3. The molecule has 5 heteroatoms. The second kappa shape index (κ2) is 5.74. The molecule has 1 fully saturated rings. The number of benzene rings is 1. The second-order valence-corrected chi connectivity index (χ2v) is 6.50. The third-order valence-corrected chi connectivity index (χ3v) is 4.61. The van der Waals surface area contributed by atoms with Crippen molar-refractivity contribution in [2.24, 2.45) is 7.05 Å². The number of nitrogens with zero attached hydrogens (tertiary/aromatic N) is 4. The van der Waals surface area contributed by atoms with Gasteiger partial charge in [-0.05, 0) is 25.0 Å². The third-order valence-electron chi connectivity index (χ3n) is 4.61. The van der Waals surface area contributed by atoms with Crippen LogP contribution in [0.25, 0.3) is 10.9 Å². The summed E-state index contributed by atoms with van der Waals surface area (Å²) in [7, 11) is 3.76. The van der Waals surface area contributed by atoms with Gasteiger partial charge in [0.15, 0.2) is 0 Å². The first-order chi connectivity index (χ1) is 11.6. The van der Waals surface area contributed by atoms with Gasteiger partial charge in [-0.2, -0.15) is 0 Å². The fourth-order valence-corrected chi connectivity index (χ4v) is 3.00. The van der Waals surface area contributed by atoms with Crippen LogP contribution in [0, 0.1) is 0 Å². The van der Waals surface area contributed by atoms with Crippen LogP contribution < -0.4 is 0 Å². The molecular weight excluding hydrogens is 300 g/mol. The maximum atomic E-state index is 13.1. The van der Waals surface area contributed by atoms with Crippen molar-refractivity contribution in [3.05, 3.63) is 59.8 Å². The monoisotopic (exact) mass is 320 g/mol. The Labute approximate surface area is 140 Å². The normalized spacial score (nSPS) is 14.1. The van der Waals surface area contributed by atoms with Gasteiger partial charge in [-0.3, -0.25) is 9.78 Å². The Hall–Kier alpha value is -2.69. The van der Waals surface area contributed by atoms with E-state index in [-0.39, 0.29) is 5.91 Å². The molecular formula is C19H20N4O. The Morgan fingerprint density at radius 1 is 1.33 bits per heavy atom. The van der Waals surface area contributed by atoms with Crippen LogP contribution in [0.3, 0.4) is 0 Å². The number of imidazole rings is 1. The summed E-state index contributed by atoms with van der Waals surface area (Å²) in [5.41, 5.74) is 2.68. The van der Waals surface area contributed by atoms with Crippen molar-refractivity contribution < 1.29 is 4.79 Å². The molecule has 2 aromatic heterocycles. The van der Waals surface area contributed by atoms with Gasteiger partial charge in [0.2, 0.25) is 0 Å². The molecule has 1 aliphatic carbocycles. The molecule has 122 valence electrons. The van der Waals surface area contributed by atoms with Crippen LogP contribution in [-0.2, 0) is 13.6 Å².